The van der Waals surface area contributed by atoms with Crippen LogP contribution >= 0.6 is 0 Å². The summed E-state index contributed by atoms with van der Waals surface area (Å²) in [6.45, 7) is 0. The van der Waals surface area contributed by atoms with Gasteiger partial charge in [-0.3, -0.25) is 0 Å². The van der Waals surface area contributed by atoms with Crippen molar-refractivity contribution in [2.24, 2.45) is 0 Å². The third kappa shape index (κ3) is 1.61. The van der Waals surface area contributed by atoms with Gasteiger partial charge in [0.1, 0.15) is 0 Å². The molecule has 2 N–H and O–H groups in total. The fourth-order valence-electron chi connectivity index (χ4n) is 2.95. The van der Waals surface area contributed by atoms with Gasteiger partial charge in [0, 0.05) is 6.04 Å². The highest BCUT2D eigenvalue weighted by Crippen LogP contribution is 2.39. The molecule has 6 nitrogen and oxygen atoms in total. The second-order valence-corrected chi connectivity index (χ2v) is 6.51. The zero-order valence-corrected chi connectivity index (χ0v) is 10.1. The maximum Gasteiger partial charge on any atom is 0.260 e. The number of aliphatic hydroxyl groups excluding tert-OH is 1. The van der Waals surface area contributed by atoms with Crippen molar-refractivity contribution in [1.82, 2.24) is 14.3 Å². The van der Waals surface area contributed by atoms with Crippen molar-refractivity contribution in [3.63, 3.8) is 0 Å². The Hall–Kier alpha value is -0.920. The Kier molecular flexibility index (Phi) is 2.49. The number of fused-ring (bicyclic) bond motifs is 2. The topological polar surface area (TPSA) is 86.3 Å². The maximum atomic E-state index is 12.4. The highest BCUT2D eigenvalue weighted by atomic mass is 32.2. The van der Waals surface area contributed by atoms with Crippen LogP contribution in [0, 0.1) is 0 Å². The molecule has 2 aliphatic heterocycles. The maximum absolute atomic E-state index is 12.4. The lowest BCUT2D eigenvalue weighted by Crippen LogP contribution is -2.50. The van der Waals surface area contributed by atoms with Gasteiger partial charge in [0.15, 0.2) is 5.03 Å². The number of piperidine rings is 1. The number of aliphatic hydroxyl groups is 1. The van der Waals surface area contributed by atoms with Crippen LogP contribution in [0.15, 0.2) is 17.6 Å². The largest absolute Gasteiger partial charge is 0.391 e. The number of H-pyrrole nitrogens is 1. The molecule has 0 radical (unpaired) electrons. The number of imidazole rings is 1. The minimum Gasteiger partial charge on any atom is -0.391 e. The molecule has 2 saturated heterocycles. The summed E-state index contributed by atoms with van der Waals surface area (Å²) in [5.41, 5.74) is 0. The summed E-state index contributed by atoms with van der Waals surface area (Å²) in [7, 11) is -3.53. The molecular formula is C10H15N3O3S. The number of sulfonamides is 1. The van der Waals surface area contributed by atoms with E-state index in [1.165, 1.54) is 16.8 Å². The summed E-state index contributed by atoms with van der Waals surface area (Å²) in [6.07, 6.45) is 5.17. The summed E-state index contributed by atoms with van der Waals surface area (Å²) in [5, 5.41) is 10.0. The van der Waals surface area contributed by atoms with E-state index in [2.05, 4.69) is 9.97 Å². The highest BCUT2D eigenvalue weighted by Gasteiger charge is 2.48. The third-order valence-corrected chi connectivity index (χ3v) is 5.65. The summed E-state index contributed by atoms with van der Waals surface area (Å²) in [4.78, 5) is 6.38. The van der Waals surface area contributed by atoms with E-state index in [1.54, 1.807) is 0 Å². The number of nitrogens with one attached hydrogen (secondary N) is 1. The fourth-order valence-corrected chi connectivity index (χ4v) is 4.78. The first-order chi connectivity index (χ1) is 8.10. The second-order valence-electron chi connectivity index (χ2n) is 4.69. The zero-order chi connectivity index (χ0) is 12.0. The lowest BCUT2D eigenvalue weighted by molar-refractivity contribution is 0.0581. The van der Waals surface area contributed by atoms with Gasteiger partial charge in [-0.1, -0.05) is 0 Å². The molecule has 3 rings (SSSR count). The highest BCUT2D eigenvalue weighted by molar-refractivity contribution is 7.89. The molecule has 2 fully saturated rings. The Morgan fingerprint density at radius 3 is 2.82 bits per heavy atom. The molecule has 3 atom stereocenters. The van der Waals surface area contributed by atoms with E-state index in [9.17, 15) is 13.5 Å². The summed E-state index contributed by atoms with van der Waals surface area (Å²) in [6, 6.07) is -0.223. The van der Waals surface area contributed by atoms with Gasteiger partial charge in [0.2, 0.25) is 0 Å². The van der Waals surface area contributed by atoms with Gasteiger partial charge in [-0.15, -0.1) is 0 Å². The van der Waals surface area contributed by atoms with Gasteiger partial charge >= 0.3 is 0 Å². The van der Waals surface area contributed by atoms with Gasteiger partial charge in [-0.25, -0.2) is 13.4 Å². The Labute approximate surface area is 99.7 Å². The molecule has 0 spiro atoms. The number of hydrogen-bond donors (Lipinski definition) is 2. The van der Waals surface area contributed by atoms with Gasteiger partial charge in [-0.2, -0.15) is 4.31 Å². The lowest BCUT2D eigenvalue weighted by Gasteiger charge is -2.36. The van der Waals surface area contributed by atoms with Crippen molar-refractivity contribution in [3.05, 3.63) is 12.5 Å². The first-order valence-electron chi connectivity index (χ1n) is 5.80. The van der Waals surface area contributed by atoms with Crippen LogP contribution in [0.4, 0.5) is 0 Å². The van der Waals surface area contributed by atoms with Crippen LogP contribution in [0.25, 0.3) is 0 Å². The molecular weight excluding hydrogens is 242 g/mol. The number of rotatable bonds is 2. The molecule has 2 bridgehead atoms. The number of hydrogen-bond acceptors (Lipinski definition) is 4. The average molecular weight is 257 g/mol. The van der Waals surface area contributed by atoms with Gasteiger partial charge in [0.25, 0.3) is 10.0 Å². The predicted molar refractivity (Wildman–Crippen MR) is 59.7 cm³/mol. The standard InChI is InChI=1S/C10H15N3O3S/c14-9-4-2-7-1-3-8(9)13(7)17(15,16)10-5-11-6-12-10/h5-9,14H,1-4H2,(H,11,12)/t7?,8-,9?/m0/s1. The van der Waals surface area contributed by atoms with E-state index < -0.39 is 16.1 Å². The van der Waals surface area contributed by atoms with Crippen molar-refractivity contribution >= 4 is 10.0 Å². The van der Waals surface area contributed by atoms with Crippen LogP contribution in [0.5, 0.6) is 0 Å². The molecule has 1 aromatic heterocycles. The van der Waals surface area contributed by atoms with Gasteiger partial charge in [0.05, 0.1) is 24.7 Å². The van der Waals surface area contributed by atoms with Crippen LogP contribution in [0.1, 0.15) is 25.7 Å². The van der Waals surface area contributed by atoms with E-state index in [4.69, 9.17) is 0 Å². The minimum atomic E-state index is -3.53. The van der Waals surface area contributed by atoms with Crippen LogP contribution in [0.3, 0.4) is 0 Å². The third-order valence-electron chi connectivity index (χ3n) is 3.75. The van der Waals surface area contributed by atoms with E-state index in [-0.39, 0.29) is 17.1 Å². The Bertz CT molecular complexity index is 499. The zero-order valence-electron chi connectivity index (χ0n) is 9.28. The Balaban J connectivity index is 2.00. The lowest BCUT2D eigenvalue weighted by atomic mass is 10.0. The second kappa shape index (κ2) is 3.79. The molecule has 1 aromatic rings. The number of aromatic nitrogens is 2. The summed E-state index contributed by atoms with van der Waals surface area (Å²) < 4.78 is 26.3. The van der Waals surface area contributed by atoms with Crippen LogP contribution < -0.4 is 0 Å². The van der Waals surface area contributed by atoms with Gasteiger partial charge in [-0.05, 0) is 25.7 Å². The first kappa shape index (κ1) is 11.2. The van der Waals surface area contributed by atoms with Crippen LogP contribution in [0.2, 0.25) is 0 Å². The predicted octanol–water partition coefficient (Wildman–Crippen LogP) is 0.0861. The quantitative estimate of drug-likeness (QED) is 0.786. The van der Waals surface area contributed by atoms with Crippen molar-refractivity contribution in [2.75, 3.05) is 0 Å². The van der Waals surface area contributed by atoms with E-state index >= 15 is 0 Å². The summed E-state index contributed by atoms with van der Waals surface area (Å²) in [5.74, 6) is 0. The van der Waals surface area contributed by atoms with E-state index in [0.717, 1.165) is 19.3 Å². The molecule has 0 aliphatic carbocycles. The number of nitrogens with zero attached hydrogens (tertiary/aromatic N) is 2. The van der Waals surface area contributed by atoms with Gasteiger partial charge < -0.3 is 10.1 Å². The van der Waals surface area contributed by atoms with Crippen molar-refractivity contribution < 1.29 is 13.5 Å². The monoisotopic (exact) mass is 257 g/mol. The van der Waals surface area contributed by atoms with Crippen LogP contribution in [-0.2, 0) is 10.0 Å². The normalized spacial score (nSPS) is 34.1. The van der Waals surface area contributed by atoms with Crippen LogP contribution in [-0.4, -0.2) is 46.0 Å². The van der Waals surface area contributed by atoms with E-state index in [1.807, 2.05) is 0 Å². The minimum absolute atomic E-state index is 0.0386. The molecule has 0 aromatic carbocycles. The van der Waals surface area contributed by atoms with Crippen molar-refractivity contribution in [1.29, 1.82) is 0 Å². The van der Waals surface area contributed by atoms with Crippen molar-refractivity contribution in [2.45, 2.75) is 48.9 Å². The molecule has 2 aliphatic rings. The Morgan fingerprint density at radius 1 is 1.35 bits per heavy atom. The summed E-state index contributed by atoms with van der Waals surface area (Å²) >= 11 is 0. The van der Waals surface area contributed by atoms with E-state index in [0.29, 0.717) is 6.42 Å². The molecule has 3 heterocycles. The molecule has 94 valence electrons. The van der Waals surface area contributed by atoms with Crippen molar-refractivity contribution in [3.8, 4) is 0 Å². The SMILES string of the molecule is O=S(=O)(c1cnc[nH]1)N1C2CCC(O)[C@@H]1CC2. The molecule has 17 heavy (non-hydrogen) atoms. The molecule has 7 heteroatoms. The molecule has 2 unspecified atom stereocenters. The fraction of sp³-hybridized carbons (Fsp3) is 0.700. The average Bonchev–Trinajstić information content (AvgIpc) is 2.93. The molecule has 0 saturated carbocycles. The number of aromatic amines is 1. The smallest absolute Gasteiger partial charge is 0.260 e. The molecule has 0 amide bonds. The first-order valence-corrected chi connectivity index (χ1v) is 7.24. The Morgan fingerprint density at radius 2 is 2.12 bits per heavy atom.